The van der Waals surface area contributed by atoms with Crippen LogP contribution in [0.1, 0.15) is 29.7 Å². The van der Waals surface area contributed by atoms with Gasteiger partial charge in [-0.2, -0.15) is 0 Å². The Labute approximate surface area is 177 Å². The number of rotatable bonds is 6. The first kappa shape index (κ1) is 21.7. The highest BCUT2D eigenvalue weighted by Crippen LogP contribution is 2.29. The number of imide groups is 1. The maximum Gasteiger partial charge on any atom is 0.325 e. The van der Waals surface area contributed by atoms with Crippen molar-refractivity contribution >= 4 is 29.4 Å². The summed E-state index contributed by atoms with van der Waals surface area (Å²) < 4.78 is 13.5. The molecule has 1 aliphatic heterocycles. The van der Waals surface area contributed by atoms with Gasteiger partial charge in [0.15, 0.2) is 0 Å². The van der Waals surface area contributed by atoms with E-state index in [-0.39, 0.29) is 17.1 Å². The van der Waals surface area contributed by atoms with Crippen LogP contribution >= 0.6 is 11.6 Å². The third-order valence-electron chi connectivity index (χ3n) is 5.03. The molecule has 0 aliphatic carbocycles. The van der Waals surface area contributed by atoms with E-state index in [2.05, 4.69) is 10.6 Å². The van der Waals surface area contributed by atoms with Crippen molar-refractivity contribution in [1.82, 2.24) is 15.5 Å². The highest BCUT2D eigenvalue weighted by atomic mass is 35.5. The number of carbonyl (C=O) groups excluding carboxylic acids is 3. The van der Waals surface area contributed by atoms with Crippen LogP contribution in [-0.4, -0.2) is 40.9 Å². The Bertz CT molecular complexity index is 998. The number of hydrogen-bond donors (Lipinski definition) is 3. The minimum absolute atomic E-state index is 0.0785. The molecule has 158 valence electrons. The Hall–Kier alpha value is -2.97. The minimum atomic E-state index is -1.27. The van der Waals surface area contributed by atoms with Crippen molar-refractivity contribution in [2.45, 2.75) is 25.5 Å². The van der Waals surface area contributed by atoms with E-state index in [4.69, 9.17) is 11.6 Å². The SMILES string of the molecule is Cc1ccc([C@@]2(C)NC(=O)N(CC(=O)NC[C@H](O)c3ccc(Cl)c(F)c3)C2=O)cc1. The molecule has 9 heteroatoms. The number of urea groups is 1. The lowest BCUT2D eigenvalue weighted by atomic mass is 9.91. The summed E-state index contributed by atoms with van der Waals surface area (Å²) in [5.41, 5.74) is 0.578. The average Bonchev–Trinajstić information content (AvgIpc) is 2.92. The quantitative estimate of drug-likeness (QED) is 0.609. The van der Waals surface area contributed by atoms with Gasteiger partial charge in [0, 0.05) is 6.54 Å². The van der Waals surface area contributed by atoms with Gasteiger partial charge < -0.3 is 15.7 Å². The van der Waals surface area contributed by atoms with Gasteiger partial charge in [0.25, 0.3) is 5.91 Å². The van der Waals surface area contributed by atoms with Crippen LogP contribution in [0, 0.1) is 12.7 Å². The van der Waals surface area contributed by atoms with Crippen LogP contribution < -0.4 is 10.6 Å². The number of nitrogens with zero attached hydrogens (tertiary/aromatic N) is 1. The Kier molecular flexibility index (Phi) is 6.09. The molecular weight excluding hydrogens is 413 g/mol. The maximum atomic E-state index is 13.5. The van der Waals surface area contributed by atoms with Crippen LogP contribution in [0.25, 0.3) is 0 Å². The molecular formula is C21H21ClFN3O4. The van der Waals surface area contributed by atoms with Gasteiger partial charge in [-0.1, -0.05) is 47.5 Å². The molecule has 0 bridgehead atoms. The predicted molar refractivity (Wildman–Crippen MR) is 108 cm³/mol. The zero-order valence-corrected chi connectivity index (χ0v) is 17.2. The molecule has 0 aromatic heterocycles. The van der Waals surface area contributed by atoms with Crippen LogP contribution in [0.3, 0.4) is 0 Å². The van der Waals surface area contributed by atoms with E-state index in [0.717, 1.165) is 16.5 Å². The first-order valence-electron chi connectivity index (χ1n) is 9.23. The number of carbonyl (C=O) groups is 3. The van der Waals surface area contributed by atoms with E-state index in [1.807, 2.05) is 19.1 Å². The van der Waals surface area contributed by atoms with Gasteiger partial charge in [0.05, 0.1) is 11.1 Å². The standard InChI is InChI=1S/C21H21ClFN3O4/c1-12-3-6-14(7-4-12)21(2)19(29)26(20(30)25-21)11-18(28)24-10-17(27)13-5-8-15(22)16(23)9-13/h3-9,17,27H,10-11H2,1-2H3,(H,24,28)(H,25,30)/t17-,21+/m0/s1. The second-order valence-corrected chi connectivity index (χ2v) is 7.71. The zero-order chi connectivity index (χ0) is 22.1. The fourth-order valence-corrected chi connectivity index (χ4v) is 3.29. The number of hydrogen-bond acceptors (Lipinski definition) is 4. The summed E-state index contributed by atoms with van der Waals surface area (Å²) in [6.45, 7) is 2.76. The normalized spacial score (nSPS) is 19.6. The smallest absolute Gasteiger partial charge is 0.325 e. The molecule has 0 spiro atoms. The van der Waals surface area contributed by atoms with Crippen molar-refractivity contribution in [2.75, 3.05) is 13.1 Å². The molecule has 4 amide bonds. The molecule has 1 fully saturated rings. The molecule has 2 aromatic carbocycles. The van der Waals surface area contributed by atoms with Gasteiger partial charge in [-0.25, -0.2) is 9.18 Å². The third kappa shape index (κ3) is 4.29. The molecule has 1 heterocycles. The Morgan fingerprint density at radius 2 is 1.93 bits per heavy atom. The molecule has 7 nitrogen and oxygen atoms in total. The summed E-state index contributed by atoms with van der Waals surface area (Å²) in [7, 11) is 0. The summed E-state index contributed by atoms with van der Waals surface area (Å²) in [5.74, 6) is -1.87. The van der Waals surface area contributed by atoms with E-state index in [0.29, 0.717) is 5.56 Å². The fourth-order valence-electron chi connectivity index (χ4n) is 3.17. The molecule has 0 unspecified atom stereocenters. The van der Waals surface area contributed by atoms with E-state index in [1.54, 1.807) is 19.1 Å². The van der Waals surface area contributed by atoms with Crippen LogP contribution in [0.5, 0.6) is 0 Å². The Morgan fingerprint density at radius 3 is 2.57 bits per heavy atom. The van der Waals surface area contributed by atoms with E-state index < -0.39 is 41.9 Å². The van der Waals surface area contributed by atoms with Crippen molar-refractivity contribution in [3.8, 4) is 0 Å². The number of nitrogens with one attached hydrogen (secondary N) is 2. The molecule has 2 atom stereocenters. The van der Waals surface area contributed by atoms with Crippen molar-refractivity contribution in [2.24, 2.45) is 0 Å². The maximum absolute atomic E-state index is 13.5. The molecule has 0 radical (unpaired) electrons. The van der Waals surface area contributed by atoms with Gasteiger partial charge in [-0.3, -0.25) is 14.5 Å². The summed E-state index contributed by atoms with van der Waals surface area (Å²) in [6.07, 6.45) is -1.18. The topological polar surface area (TPSA) is 98.7 Å². The van der Waals surface area contributed by atoms with Crippen LogP contribution in [0.2, 0.25) is 5.02 Å². The largest absolute Gasteiger partial charge is 0.387 e. The van der Waals surface area contributed by atoms with Crippen LogP contribution in [0.4, 0.5) is 9.18 Å². The second kappa shape index (κ2) is 8.41. The first-order valence-corrected chi connectivity index (χ1v) is 9.60. The van der Waals surface area contributed by atoms with Crippen LogP contribution in [-0.2, 0) is 15.1 Å². The number of aliphatic hydroxyl groups excluding tert-OH is 1. The first-order chi connectivity index (χ1) is 14.1. The fraction of sp³-hybridized carbons (Fsp3) is 0.286. The lowest BCUT2D eigenvalue weighted by Crippen LogP contribution is -2.43. The molecule has 3 N–H and O–H groups in total. The highest BCUT2D eigenvalue weighted by molar-refractivity contribution is 6.30. The molecule has 1 aliphatic rings. The number of halogens is 2. The van der Waals surface area contributed by atoms with Crippen molar-refractivity contribution in [1.29, 1.82) is 0 Å². The average molecular weight is 434 g/mol. The monoisotopic (exact) mass is 433 g/mol. The minimum Gasteiger partial charge on any atom is -0.387 e. The van der Waals surface area contributed by atoms with Gasteiger partial charge in [-0.05, 0) is 37.1 Å². The molecule has 0 saturated carbocycles. The lowest BCUT2D eigenvalue weighted by molar-refractivity contribution is -0.134. The summed E-state index contributed by atoms with van der Waals surface area (Å²) >= 11 is 5.61. The number of benzene rings is 2. The highest BCUT2D eigenvalue weighted by Gasteiger charge is 2.49. The second-order valence-electron chi connectivity index (χ2n) is 7.31. The number of amides is 4. The third-order valence-corrected chi connectivity index (χ3v) is 5.33. The molecule has 2 aromatic rings. The van der Waals surface area contributed by atoms with Gasteiger partial charge in [0.1, 0.15) is 17.9 Å². The van der Waals surface area contributed by atoms with E-state index in [1.165, 1.54) is 12.1 Å². The predicted octanol–water partition coefficient (Wildman–Crippen LogP) is 2.40. The Balaban J connectivity index is 1.62. The van der Waals surface area contributed by atoms with Gasteiger partial charge in [-0.15, -0.1) is 0 Å². The van der Waals surface area contributed by atoms with E-state index >= 15 is 0 Å². The van der Waals surface area contributed by atoms with E-state index in [9.17, 15) is 23.9 Å². The molecule has 30 heavy (non-hydrogen) atoms. The summed E-state index contributed by atoms with van der Waals surface area (Å²) in [4.78, 5) is 38.2. The number of aliphatic hydroxyl groups is 1. The summed E-state index contributed by atoms with van der Waals surface area (Å²) in [5, 5.41) is 15.1. The molecule has 1 saturated heterocycles. The van der Waals surface area contributed by atoms with Gasteiger partial charge in [0.2, 0.25) is 5.91 Å². The number of aryl methyl sites for hydroxylation is 1. The lowest BCUT2D eigenvalue weighted by Gasteiger charge is -2.22. The van der Waals surface area contributed by atoms with Crippen molar-refractivity contribution in [3.05, 3.63) is 70.0 Å². The Morgan fingerprint density at radius 1 is 1.27 bits per heavy atom. The van der Waals surface area contributed by atoms with Crippen LogP contribution in [0.15, 0.2) is 42.5 Å². The van der Waals surface area contributed by atoms with Gasteiger partial charge >= 0.3 is 6.03 Å². The zero-order valence-electron chi connectivity index (χ0n) is 16.4. The van der Waals surface area contributed by atoms with Crippen molar-refractivity contribution in [3.63, 3.8) is 0 Å². The molecule has 3 rings (SSSR count). The summed E-state index contributed by atoms with van der Waals surface area (Å²) in [6, 6.07) is 10.3. The van der Waals surface area contributed by atoms with Crippen molar-refractivity contribution < 1.29 is 23.9 Å².